The molecule has 13 heavy (non-hydrogen) atoms. The van der Waals surface area contributed by atoms with E-state index in [-0.39, 0.29) is 25.7 Å². The molecule has 0 saturated heterocycles. The van der Waals surface area contributed by atoms with Gasteiger partial charge >= 0.3 is 106 Å². The molecule has 0 aliphatic rings. The quantitative estimate of drug-likeness (QED) is 0.549. The molecule has 0 aliphatic carbocycles. The minimum absolute atomic E-state index is 0.105. The van der Waals surface area contributed by atoms with E-state index in [1.54, 1.807) is 0 Å². The molecule has 0 unspecified atom stereocenters. The molecule has 80 valence electrons. The van der Waals surface area contributed by atoms with Crippen molar-refractivity contribution in [3.8, 4) is 0 Å². The summed E-state index contributed by atoms with van der Waals surface area (Å²) in [5, 5.41) is 0. The molecule has 0 saturated carbocycles. The topological polar surface area (TPSA) is 0 Å². The number of rotatable bonds is 8. The van der Waals surface area contributed by atoms with Crippen molar-refractivity contribution < 1.29 is 16.4 Å². The summed E-state index contributed by atoms with van der Waals surface area (Å²) >= 11 is -3.58. The van der Waals surface area contributed by atoms with Crippen molar-refractivity contribution in [3.63, 3.8) is 0 Å². The van der Waals surface area contributed by atoms with Crippen molar-refractivity contribution in [3.05, 3.63) is 0 Å². The number of hydrogen-bond donors (Lipinski definition) is 0. The second kappa shape index (κ2) is 8.14. The molecule has 0 aromatic carbocycles. The van der Waals surface area contributed by atoms with Crippen molar-refractivity contribution in [1.82, 2.24) is 0 Å². The molecule has 0 fully saturated rings. The SMILES string of the molecule is [2H]C([2H])([2H])C[CH2][Sn]([CH2]CC([2H])([2H])[2H])([CH2]CC([2H])([2H])[2H])[CH2]CC([2H])([2H])[2H]. The van der Waals surface area contributed by atoms with Crippen molar-refractivity contribution in [2.24, 2.45) is 0 Å². The van der Waals surface area contributed by atoms with Crippen molar-refractivity contribution >= 4 is 18.4 Å². The van der Waals surface area contributed by atoms with Gasteiger partial charge in [-0.2, -0.15) is 0 Å². The molecule has 0 rings (SSSR count). The van der Waals surface area contributed by atoms with Gasteiger partial charge in [0, 0.05) is 0 Å². The van der Waals surface area contributed by atoms with Gasteiger partial charge in [0.15, 0.2) is 0 Å². The summed E-state index contributed by atoms with van der Waals surface area (Å²) in [6.07, 6.45) is -0.420. The van der Waals surface area contributed by atoms with Crippen LogP contribution < -0.4 is 0 Å². The van der Waals surface area contributed by atoms with Gasteiger partial charge in [-0.05, 0) is 0 Å². The van der Waals surface area contributed by atoms with Gasteiger partial charge in [0.2, 0.25) is 0 Å². The summed E-state index contributed by atoms with van der Waals surface area (Å²) in [6.45, 7) is -8.71. The Bertz CT molecular complexity index is 311. The van der Waals surface area contributed by atoms with E-state index < -0.39 is 45.8 Å². The van der Waals surface area contributed by atoms with Gasteiger partial charge in [0.25, 0.3) is 0 Å². The van der Waals surface area contributed by atoms with E-state index in [0.29, 0.717) is 17.7 Å². The third-order valence-electron chi connectivity index (χ3n) is 2.62. The summed E-state index contributed by atoms with van der Waals surface area (Å²) in [5.74, 6) is 0. The molecule has 0 amide bonds. The Hall–Kier alpha value is 0.799. The minimum atomic E-state index is -3.58. The van der Waals surface area contributed by atoms with E-state index in [4.69, 9.17) is 16.4 Å². The van der Waals surface area contributed by atoms with Crippen molar-refractivity contribution in [2.45, 2.75) is 70.8 Å². The molecule has 0 nitrogen and oxygen atoms in total. The van der Waals surface area contributed by atoms with E-state index in [1.165, 1.54) is 0 Å². The fourth-order valence-corrected chi connectivity index (χ4v) is 12.1. The van der Waals surface area contributed by atoms with Crippen LogP contribution in [0.4, 0.5) is 0 Å². The van der Waals surface area contributed by atoms with E-state index in [1.807, 2.05) is 0 Å². The van der Waals surface area contributed by atoms with Gasteiger partial charge in [-0.15, -0.1) is 0 Å². The van der Waals surface area contributed by atoms with Crippen LogP contribution in [0.25, 0.3) is 0 Å². The Labute approximate surface area is 106 Å². The Morgan fingerprint density at radius 1 is 0.692 bits per heavy atom. The van der Waals surface area contributed by atoms with Gasteiger partial charge in [0.1, 0.15) is 0 Å². The van der Waals surface area contributed by atoms with E-state index in [0.717, 1.165) is 0 Å². The second-order valence-electron chi connectivity index (χ2n) is 3.50. The molecule has 0 spiro atoms. The van der Waals surface area contributed by atoms with Gasteiger partial charge in [-0.1, -0.05) is 0 Å². The Balaban J connectivity index is 5.41. The van der Waals surface area contributed by atoms with E-state index in [2.05, 4.69) is 0 Å². The van der Waals surface area contributed by atoms with Crippen LogP contribution in [0, 0.1) is 0 Å². The second-order valence-corrected chi connectivity index (χ2v) is 17.8. The molecule has 0 aromatic heterocycles. The van der Waals surface area contributed by atoms with Gasteiger partial charge in [-0.25, -0.2) is 0 Å². The molecular weight excluding hydrogens is 263 g/mol. The fourth-order valence-electron chi connectivity index (χ4n) is 1.81. The Kier molecular flexibility index (Phi) is 2.30. The van der Waals surface area contributed by atoms with Gasteiger partial charge in [0.05, 0.1) is 0 Å². The van der Waals surface area contributed by atoms with Crippen LogP contribution in [-0.4, -0.2) is 18.4 Å². The fraction of sp³-hybridized carbons (Fsp3) is 1.00. The molecule has 0 heterocycles. The van der Waals surface area contributed by atoms with Crippen LogP contribution in [0.2, 0.25) is 17.7 Å². The molecule has 0 N–H and O–H groups in total. The first kappa shape index (κ1) is 3.68. The van der Waals surface area contributed by atoms with Crippen LogP contribution in [0.5, 0.6) is 0 Å². The normalized spacial score (nSPS) is 29.5. The first-order valence-corrected chi connectivity index (χ1v) is 12.9. The van der Waals surface area contributed by atoms with Crippen LogP contribution in [0.3, 0.4) is 0 Å². The summed E-state index contributed by atoms with van der Waals surface area (Å²) in [6, 6.07) is 0. The van der Waals surface area contributed by atoms with E-state index >= 15 is 0 Å². The molecule has 0 aliphatic heterocycles. The first-order valence-electron chi connectivity index (χ1n) is 10.8. The zero-order chi connectivity index (χ0) is 20.2. The standard InChI is InChI=1S/4C3H7.Sn/c4*1-3-2;/h4*1,3H2,2H3;/i4*2D3;. The Morgan fingerprint density at radius 3 is 1.23 bits per heavy atom. The Morgan fingerprint density at radius 2 is 1.00 bits per heavy atom. The monoisotopic (exact) mass is 304 g/mol. The van der Waals surface area contributed by atoms with E-state index in [9.17, 15) is 0 Å². The molecule has 0 atom stereocenters. The zero-order valence-electron chi connectivity index (χ0n) is 20.2. The molecule has 0 bridgehead atoms. The average molecular weight is 303 g/mol. The maximum atomic E-state index is 7.41. The molecule has 1 heteroatoms. The van der Waals surface area contributed by atoms with Gasteiger partial charge in [-0.3, -0.25) is 0 Å². The van der Waals surface area contributed by atoms with Gasteiger partial charge < -0.3 is 0 Å². The molecule has 0 radical (unpaired) electrons. The summed E-state index contributed by atoms with van der Waals surface area (Å²) in [7, 11) is 0. The van der Waals surface area contributed by atoms with Crippen LogP contribution in [0.1, 0.15) is 69.5 Å². The number of hydrogen-bond acceptors (Lipinski definition) is 0. The van der Waals surface area contributed by atoms with Crippen LogP contribution >= 0.6 is 0 Å². The summed E-state index contributed by atoms with van der Waals surface area (Å²) < 4.78 is 90.1. The summed E-state index contributed by atoms with van der Waals surface area (Å²) in [5.41, 5.74) is 0. The first-order chi connectivity index (χ1) is 10.8. The summed E-state index contributed by atoms with van der Waals surface area (Å²) in [4.78, 5) is 0. The predicted molar refractivity (Wildman–Crippen MR) is 66.1 cm³/mol. The predicted octanol–water partition coefficient (Wildman–Crippen LogP) is 5.08. The van der Waals surface area contributed by atoms with Crippen LogP contribution in [0.15, 0.2) is 0 Å². The maximum absolute atomic E-state index is 7.41. The van der Waals surface area contributed by atoms with Crippen molar-refractivity contribution in [2.75, 3.05) is 0 Å². The van der Waals surface area contributed by atoms with Crippen molar-refractivity contribution in [1.29, 1.82) is 0 Å². The zero-order valence-corrected chi connectivity index (χ0v) is 11.0. The third-order valence-corrected chi connectivity index (χ3v) is 17.6. The third kappa shape index (κ3) is 5.29. The molecular formula is C12H28Sn. The average Bonchev–Trinajstić information content (AvgIpc) is 2.33. The van der Waals surface area contributed by atoms with Crippen LogP contribution in [-0.2, 0) is 0 Å². The molecule has 0 aromatic rings.